The maximum Gasteiger partial charge on any atom is 0.251 e. The Morgan fingerprint density at radius 2 is 2.22 bits per heavy atom. The molecule has 4 nitrogen and oxygen atoms in total. The topological polar surface area (TPSA) is 62.2 Å². The van der Waals surface area contributed by atoms with Gasteiger partial charge in [-0.25, -0.2) is 0 Å². The van der Waals surface area contributed by atoms with Crippen molar-refractivity contribution in [3.05, 3.63) is 29.6 Å². The molecule has 1 rings (SSSR count). The van der Waals surface area contributed by atoms with Crippen LogP contribution in [0.2, 0.25) is 0 Å². The lowest BCUT2D eigenvalue weighted by atomic mass is 9.88. The number of hydrogen-bond donors (Lipinski definition) is 2. The van der Waals surface area contributed by atoms with Crippen molar-refractivity contribution < 1.29 is 9.90 Å². The molecular weight excluding hydrogens is 228 g/mol. The van der Waals surface area contributed by atoms with Crippen LogP contribution in [0.3, 0.4) is 0 Å². The second kappa shape index (κ2) is 6.50. The van der Waals surface area contributed by atoms with E-state index >= 15 is 0 Å². The number of rotatable bonds is 6. The summed E-state index contributed by atoms with van der Waals surface area (Å²) in [5.41, 5.74) is 1.16. The molecule has 0 radical (unpaired) electrons. The molecule has 1 amide bonds. The Labute approximate surface area is 108 Å². The molecule has 0 saturated carbocycles. The number of pyridine rings is 1. The van der Waals surface area contributed by atoms with Crippen LogP contribution in [-0.4, -0.2) is 22.5 Å². The van der Waals surface area contributed by atoms with E-state index in [0.29, 0.717) is 17.8 Å². The maximum atomic E-state index is 11.9. The predicted molar refractivity (Wildman–Crippen MR) is 71.2 cm³/mol. The number of amides is 1. The number of hydrogen-bond acceptors (Lipinski definition) is 3. The van der Waals surface area contributed by atoms with Gasteiger partial charge in [0.2, 0.25) is 0 Å². The van der Waals surface area contributed by atoms with Gasteiger partial charge in [-0.05, 0) is 24.0 Å². The van der Waals surface area contributed by atoms with Crippen LogP contribution >= 0.6 is 0 Å². The third-order valence-corrected chi connectivity index (χ3v) is 2.90. The van der Waals surface area contributed by atoms with Gasteiger partial charge >= 0.3 is 0 Å². The second-order valence-corrected chi connectivity index (χ2v) is 5.29. The minimum absolute atomic E-state index is 0.108. The van der Waals surface area contributed by atoms with E-state index < -0.39 is 0 Å². The minimum atomic E-state index is -0.150. The normalized spacial score (nSPS) is 11.3. The Kier molecular flexibility index (Phi) is 5.28. The molecule has 2 N–H and O–H groups in total. The van der Waals surface area contributed by atoms with Gasteiger partial charge in [-0.1, -0.05) is 27.2 Å². The first kappa shape index (κ1) is 14.6. The fourth-order valence-electron chi connectivity index (χ4n) is 1.89. The summed E-state index contributed by atoms with van der Waals surface area (Å²) in [5.74, 6) is -0.115. The van der Waals surface area contributed by atoms with E-state index in [1.165, 1.54) is 6.20 Å². The van der Waals surface area contributed by atoms with E-state index in [-0.39, 0.29) is 17.9 Å². The standard InChI is InChI=1S/C14H22N2O2/c1-4-6-14(2,3)10-16-13(18)11-5-7-15-12(8-11)9-17/h5,7-8,17H,4,6,9-10H2,1-3H3,(H,16,18). The first-order chi connectivity index (χ1) is 8.48. The highest BCUT2D eigenvalue weighted by atomic mass is 16.3. The van der Waals surface area contributed by atoms with Crippen molar-refractivity contribution in [2.24, 2.45) is 5.41 Å². The van der Waals surface area contributed by atoms with E-state index in [2.05, 4.69) is 31.1 Å². The number of aliphatic hydroxyl groups is 1. The lowest BCUT2D eigenvalue weighted by Gasteiger charge is -2.24. The average molecular weight is 250 g/mol. The van der Waals surface area contributed by atoms with E-state index in [0.717, 1.165) is 12.8 Å². The molecule has 0 saturated heterocycles. The molecule has 100 valence electrons. The number of nitrogens with one attached hydrogen (secondary N) is 1. The summed E-state index contributed by atoms with van der Waals surface area (Å²) < 4.78 is 0. The van der Waals surface area contributed by atoms with Crippen LogP contribution in [-0.2, 0) is 6.61 Å². The summed E-state index contributed by atoms with van der Waals surface area (Å²) in [6.45, 7) is 6.92. The van der Waals surface area contributed by atoms with E-state index in [1.54, 1.807) is 12.1 Å². The van der Waals surface area contributed by atoms with Gasteiger partial charge in [-0.3, -0.25) is 9.78 Å². The number of aliphatic hydroxyl groups excluding tert-OH is 1. The van der Waals surface area contributed by atoms with Gasteiger partial charge < -0.3 is 10.4 Å². The zero-order chi connectivity index (χ0) is 13.6. The molecule has 4 heteroatoms. The van der Waals surface area contributed by atoms with Crippen LogP contribution in [0.5, 0.6) is 0 Å². The molecule has 0 atom stereocenters. The van der Waals surface area contributed by atoms with Gasteiger partial charge in [0, 0.05) is 18.3 Å². The molecule has 0 aliphatic carbocycles. The summed E-state index contributed by atoms with van der Waals surface area (Å²) >= 11 is 0. The summed E-state index contributed by atoms with van der Waals surface area (Å²) in [6.07, 6.45) is 3.72. The molecule has 0 aliphatic heterocycles. The number of carbonyl (C=O) groups is 1. The number of carbonyl (C=O) groups excluding carboxylic acids is 1. The van der Waals surface area contributed by atoms with E-state index in [4.69, 9.17) is 5.11 Å². The second-order valence-electron chi connectivity index (χ2n) is 5.29. The Hall–Kier alpha value is -1.42. The highest BCUT2D eigenvalue weighted by Crippen LogP contribution is 2.20. The first-order valence-corrected chi connectivity index (χ1v) is 6.32. The smallest absolute Gasteiger partial charge is 0.251 e. The van der Waals surface area contributed by atoms with Gasteiger partial charge in [-0.2, -0.15) is 0 Å². The molecule has 0 spiro atoms. The molecule has 1 heterocycles. The predicted octanol–water partition coefficient (Wildman–Crippen LogP) is 2.13. The van der Waals surface area contributed by atoms with Gasteiger partial charge in [0.05, 0.1) is 12.3 Å². The molecule has 18 heavy (non-hydrogen) atoms. The van der Waals surface area contributed by atoms with E-state index in [9.17, 15) is 4.79 Å². The maximum absolute atomic E-state index is 11.9. The first-order valence-electron chi connectivity index (χ1n) is 6.32. The van der Waals surface area contributed by atoms with Crippen molar-refractivity contribution in [3.63, 3.8) is 0 Å². The lowest BCUT2D eigenvalue weighted by molar-refractivity contribution is 0.0934. The van der Waals surface area contributed by atoms with Crippen LogP contribution in [0.25, 0.3) is 0 Å². The molecular formula is C14H22N2O2. The highest BCUT2D eigenvalue weighted by molar-refractivity contribution is 5.94. The van der Waals surface area contributed by atoms with Crippen LogP contribution in [0.1, 0.15) is 49.7 Å². The van der Waals surface area contributed by atoms with Crippen molar-refractivity contribution in [2.45, 2.75) is 40.2 Å². The van der Waals surface area contributed by atoms with Gasteiger partial charge in [-0.15, -0.1) is 0 Å². The van der Waals surface area contributed by atoms with Crippen molar-refractivity contribution in [1.82, 2.24) is 10.3 Å². The van der Waals surface area contributed by atoms with Crippen molar-refractivity contribution in [3.8, 4) is 0 Å². The average Bonchev–Trinajstić information content (AvgIpc) is 2.36. The molecule has 0 aromatic carbocycles. The Morgan fingerprint density at radius 3 is 2.83 bits per heavy atom. The Bertz CT molecular complexity index is 403. The fraction of sp³-hybridized carbons (Fsp3) is 0.571. The highest BCUT2D eigenvalue weighted by Gasteiger charge is 2.18. The molecule has 0 bridgehead atoms. The molecule has 0 fully saturated rings. The third-order valence-electron chi connectivity index (χ3n) is 2.90. The van der Waals surface area contributed by atoms with Crippen molar-refractivity contribution in [2.75, 3.05) is 6.54 Å². The zero-order valence-electron chi connectivity index (χ0n) is 11.4. The van der Waals surface area contributed by atoms with Gasteiger partial charge in [0.15, 0.2) is 0 Å². The van der Waals surface area contributed by atoms with Crippen molar-refractivity contribution >= 4 is 5.91 Å². The van der Waals surface area contributed by atoms with Crippen molar-refractivity contribution in [1.29, 1.82) is 0 Å². The summed E-state index contributed by atoms with van der Waals surface area (Å²) in [5, 5.41) is 11.9. The third kappa shape index (κ3) is 4.45. The van der Waals surface area contributed by atoms with Crippen LogP contribution in [0, 0.1) is 5.41 Å². The van der Waals surface area contributed by atoms with Gasteiger partial charge in [0.25, 0.3) is 5.91 Å². The lowest BCUT2D eigenvalue weighted by Crippen LogP contribution is -2.34. The summed E-state index contributed by atoms with van der Waals surface area (Å²) in [7, 11) is 0. The Balaban J connectivity index is 2.60. The number of aromatic nitrogens is 1. The molecule has 1 aromatic rings. The zero-order valence-corrected chi connectivity index (χ0v) is 11.4. The Morgan fingerprint density at radius 1 is 1.50 bits per heavy atom. The monoisotopic (exact) mass is 250 g/mol. The number of nitrogens with zero attached hydrogens (tertiary/aromatic N) is 1. The molecule has 0 unspecified atom stereocenters. The van der Waals surface area contributed by atoms with Crippen LogP contribution in [0.15, 0.2) is 18.3 Å². The summed E-state index contributed by atoms with van der Waals surface area (Å²) in [4.78, 5) is 15.9. The van der Waals surface area contributed by atoms with Gasteiger partial charge in [0.1, 0.15) is 0 Å². The minimum Gasteiger partial charge on any atom is -0.390 e. The van der Waals surface area contributed by atoms with E-state index in [1.807, 2.05) is 0 Å². The molecule has 1 aromatic heterocycles. The SMILES string of the molecule is CCCC(C)(C)CNC(=O)c1ccnc(CO)c1. The fourth-order valence-corrected chi connectivity index (χ4v) is 1.89. The molecule has 0 aliphatic rings. The summed E-state index contributed by atoms with van der Waals surface area (Å²) in [6, 6.07) is 3.27. The quantitative estimate of drug-likeness (QED) is 0.813. The largest absolute Gasteiger partial charge is 0.390 e. The van der Waals surface area contributed by atoms with Crippen LogP contribution in [0.4, 0.5) is 0 Å². The van der Waals surface area contributed by atoms with Crippen LogP contribution < -0.4 is 5.32 Å².